The van der Waals surface area contributed by atoms with Gasteiger partial charge in [-0.05, 0) is 36.3 Å². The Hall–Kier alpha value is -2.63. The summed E-state index contributed by atoms with van der Waals surface area (Å²) in [4.78, 5) is 28.1. The van der Waals surface area contributed by atoms with Gasteiger partial charge < -0.3 is 14.8 Å². The number of fused-ring (bicyclic) bond motifs is 1. The molecule has 0 spiro atoms. The highest BCUT2D eigenvalue weighted by Gasteiger charge is 2.36. The number of aliphatic carboxylic acids is 1. The molecule has 1 amide bonds. The van der Waals surface area contributed by atoms with Gasteiger partial charge in [0.15, 0.2) is 11.6 Å². The predicted octanol–water partition coefficient (Wildman–Crippen LogP) is 2.67. The summed E-state index contributed by atoms with van der Waals surface area (Å²) in [5, 5.41) is 12.3. The summed E-state index contributed by atoms with van der Waals surface area (Å²) in [5.74, 6) is -0.552. The molecule has 6 nitrogen and oxygen atoms in total. The van der Waals surface area contributed by atoms with E-state index < -0.39 is 11.9 Å². The van der Waals surface area contributed by atoms with E-state index in [1.54, 1.807) is 0 Å². The van der Waals surface area contributed by atoms with Crippen LogP contribution in [0, 0.1) is 5.92 Å². The zero-order valence-corrected chi connectivity index (χ0v) is 13.1. The molecule has 2 unspecified atom stereocenters. The van der Waals surface area contributed by atoms with Crippen LogP contribution in [0.5, 0.6) is 0 Å². The van der Waals surface area contributed by atoms with Crippen molar-refractivity contribution >= 4 is 11.9 Å². The molecule has 2 aliphatic rings. The number of oxazole rings is 1. The van der Waals surface area contributed by atoms with Crippen molar-refractivity contribution in [2.75, 3.05) is 0 Å². The molecule has 1 aromatic heterocycles. The number of rotatable bonds is 5. The third kappa shape index (κ3) is 2.79. The van der Waals surface area contributed by atoms with Gasteiger partial charge in [0.2, 0.25) is 0 Å². The van der Waals surface area contributed by atoms with E-state index >= 15 is 0 Å². The second-order valence-electron chi connectivity index (χ2n) is 6.56. The molecule has 2 atom stereocenters. The second-order valence-corrected chi connectivity index (χ2v) is 6.56. The first kappa shape index (κ1) is 14.9. The van der Waals surface area contributed by atoms with E-state index in [-0.39, 0.29) is 17.6 Å². The number of nitrogens with one attached hydrogen (secondary N) is 1. The van der Waals surface area contributed by atoms with Crippen molar-refractivity contribution in [3.63, 3.8) is 0 Å². The van der Waals surface area contributed by atoms with Crippen molar-refractivity contribution in [3.8, 4) is 0 Å². The zero-order valence-electron chi connectivity index (χ0n) is 13.1. The summed E-state index contributed by atoms with van der Waals surface area (Å²) in [6.07, 6.45) is 4.90. The van der Waals surface area contributed by atoms with E-state index in [2.05, 4.69) is 10.3 Å². The maximum atomic E-state index is 12.4. The van der Waals surface area contributed by atoms with Crippen LogP contribution in [0.2, 0.25) is 0 Å². The van der Waals surface area contributed by atoms with Crippen molar-refractivity contribution in [1.29, 1.82) is 0 Å². The Kier molecular flexibility index (Phi) is 3.59. The third-order valence-corrected chi connectivity index (χ3v) is 4.77. The van der Waals surface area contributed by atoms with Crippen LogP contribution in [0.1, 0.15) is 58.7 Å². The van der Waals surface area contributed by atoms with Crippen LogP contribution in [0.25, 0.3) is 0 Å². The van der Waals surface area contributed by atoms with Gasteiger partial charge in [-0.2, -0.15) is 0 Å². The summed E-state index contributed by atoms with van der Waals surface area (Å²) in [7, 11) is 0. The largest absolute Gasteiger partial charge is 0.481 e. The van der Waals surface area contributed by atoms with Crippen LogP contribution in [-0.2, 0) is 11.2 Å². The van der Waals surface area contributed by atoms with Crippen LogP contribution in [-0.4, -0.2) is 22.0 Å². The average molecular weight is 326 g/mol. The SMILES string of the molecule is O=C(NC1CC(C(=O)O)c2ccccc21)c1coc(CC2CC2)n1. The normalized spacial score (nSPS) is 22.2. The first-order valence-electron chi connectivity index (χ1n) is 8.18. The Morgan fingerprint density at radius 1 is 1.25 bits per heavy atom. The maximum absolute atomic E-state index is 12.4. The number of nitrogens with zero attached hydrogens (tertiary/aromatic N) is 1. The van der Waals surface area contributed by atoms with E-state index in [1.807, 2.05) is 24.3 Å². The molecule has 124 valence electrons. The van der Waals surface area contributed by atoms with Gasteiger partial charge in [0.05, 0.1) is 12.0 Å². The fourth-order valence-electron chi connectivity index (χ4n) is 3.32. The molecule has 1 saturated carbocycles. The molecule has 0 bridgehead atoms. The third-order valence-electron chi connectivity index (χ3n) is 4.77. The van der Waals surface area contributed by atoms with Crippen LogP contribution >= 0.6 is 0 Å². The van der Waals surface area contributed by atoms with Crippen molar-refractivity contribution < 1.29 is 19.1 Å². The number of carbonyl (C=O) groups excluding carboxylic acids is 1. The highest BCUT2D eigenvalue weighted by Crippen LogP contribution is 2.40. The van der Waals surface area contributed by atoms with Gasteiger partial charge in [-0.15, -0.1) is 0 Å². The Balaban J connectivity index is 1.49. The standard InChI is InChI=1S/C18H18N2O4/c21-17(15-9-24-16(19-15)7-10-5-6-10)20-14-8-13(18(22)23)11-3-1-2-4-12(11)14/h1-4,9-10,13-14H,5-8H2,(H,20,21)(H,22,23). The predicted molar refractivity (Wildman–Crippen MR) is 84.6 cm³/mol. The van der Waals surface area contributed by atoms with E-state index in [0.29, 0.717) is 18.2 Å². The van der Waals surface area contributed by atoms with E-state index in [4.69, 9.17) is 4.42 Å². The Labute approximate surface area is 138 Å². The molecule has 6 heteroatoms. The molecule has 1 fully saturated rings. The molecule has 24 heavy (non-hydrogen) atoms. The zero-order chi connectivity index (χ0) is 16.7. The second kappa shape index (κ2) is 5.78. The minimum Gasteiger partial charge on any atom is -0.481 e. The summed E-state index contributed by atoms with van der Waals surface area (Å²) in [6, 6.07) is 7.03. The number of aromatic nitrogens is 1. The van der Waals surface area contributed by atoms with Crippen molar-refractivity contribution in [1.82, 2.24) is 10.3 Å². The molecule has 0 radical (unpaired) electrons. The lowest BCUT2D eigenvalue weighted by Gasteiger charge is -2.12. The van der Waals surface area contributed by atoms with E-state index in [1.165, 1.54) is 19.1 Å². The average Bonchev–Trinajstić information content (AvgIpc) is 3.12. The minimum absolute atomic E-state index is 0.252. The Morgan fingerprint density at radius 2 is 2.00 bits per heavy atom. The van der Waals surface area contributed by atoms with Crippen LogP contribution in [0.3, 0.4) is 0 Å². The van der Waals surface area contributed by atoms with Gasteiger partial charge >= 0.3 is 5.97 Å². The molecule has 2 N–H and O–H groups in total. The molecule has 1 aromatic carbocycles. The topological polar surface area (TPSA) is 92.4 Å². The van der Waals surface area contributed by atoms with Crippen molar-refractivity contribution in [2.24, 2.45) is 5.92 Å². The summed E-state index contributed by atoms with van der Waals surface area (Å²) in [6.45, 7) is 0. The highest BCUT2D eigenvalue weighted by molar-refractivity contribution is 5.92. The van der Waals surface area contributed by atoms with Gasteiger partial charge in [0.25, 0.3) is 5.91 Å². The molecular formula is C18H18N2O4. The lowest BCUT2D eigenvalue weighted by atomic mass is 10.0. The Bertz CT molecular complexity index is 794. The molecule has 1 heterocycles. The first-order valence-corrected chi connectivity index (χ1v) is 8.18. The van der Waals surface area contributed by atoms with E-state index in [9.17, 15) is 14.7 Å². The molecule has 2 aliphatic carbocycles. The number of amides is 1. The lowest BCUT2D eigenvalue weighted by molar-refractivity contribution is -0.138. The molecule has 2 aromatic rings. The maximum Gasteiger partial charge on any atom is 0.311 e. The van der Waals surface area contributed by atoms with Gasteiger partial charge in [-0.25, -0.2) is 4.98 Å². The molecule has 4 rings (SSSR count). The first-order chi connectivity index (χ1) is 11.6. The number of hydrogen-bond acceptors (Lipinski definition) is 4. The fraction of sp³-hybridized carbons (Fsp3) is 0.389. The van der Waals surface area contributed by atoms with Gasteiger partial charge in [-0.3, -0.25) is 9.59 Å². The monoisotopic (exact) mass is 326 g/mol. The van der Waals surface area contributed by atoms with Crippen LogP contribution in [0.4, 0.5) is 0 Å². The quantitative estimate of drug-likeness (QED) is 0.881. The minimum atomic E-state index is -0.868. The summed E-state index contributed by atoms with van der Waals surface area (Å²) >= 11 is 0. The number of carbonyl (C=O) groups is 2. The number of carboxylic acid groups (broad SMARTS) is 1. The van der Waals surface area contributed by atoms with Gasteiger partial charge in [0, 0.05) is 6.42 Å². The fourth-order valence-corrected chi connectivity index (χ4v) is 3.32. The Morgan fingerprint density at radius 3 is 2.71 bits per heavy atom. The van der Waals surface area contributed by atoms with Crippen LogP contribution in [0.15, 0.2) is 34.9 Å². The van der Waals surface area contributed by atoms with Crippen molar-refractivity contribution in [3.05, 3.63) is 53.2 Å². The van der Waals surface area contributed by atoms with Gasteiger partial charge in [-0.1, -0.05) is 24.3 Å². The molecule has 0 aliphatic heterocycles. The van der Waals surface area contributed by atoms with Crippen molar-refractivity contribution in [2.45, 2.75) is 37.6 Å². The molecular weight excluding hydrogens is 308 g/mol. The number of carboxylic acids is 1. The highest BCUT2D eigenvalue weighted by atomic mass is 16.4. The lowest BCUT2D eigenvalue weighted by Crippen LogP contribution is -2.27. The van der Waals surface area contributed by atoms with Gasteiger partial charge in [0.1, 0.15) is 6.26 Å². The summed E-state index contributed by atoms with van der Waals surface area (Å²) < 4.78 is 5.36. The summed E-state index contributed by atoms with van der Waals surface area (Å²) in [5.41, 5.74) is 1.88. The number of hydrogen-bond donors (Lipinski definition) is 2. The smallest absolute Gasteiger partial charge is 0.311 e. The number of benzene rings is 1. The van der Waals surface area contributed by atoms with Crippen LogP contribution < -0.4 is 5.32 Å². The van der Waals surface area contributed by atoms with E-state index in [0.717, 1.165) is 17.5 Å². The molecule has 0 saturated heterocycles.